The Labute approximate surface area is 285 Å². The lowest BCUT2D eigenvalue weighted by molar-refractivity contribution is 0.579. The molecule has 2 aliphatic rings. The highest BCUT2D eigenvalue weighted by atomic mass is 32.2. The van der Waals surface area contributed by atoms with E-state index in [4.69, 9.17) is 6.85 Å². The molecule has 48 heavy (non-hydrogen) atoms. The van der Waals surface area contributed by atoms with E-state index in [0.29, 0.717) is 32.9 Å². The third-order valence-corrected chi connectivity index (χ3v) is 11.8. The summed E-state index contributed by atoms with van der Waals surface area (Å²) in [4.78, 5) is 2.55. The van der Waals surface area contributed by atoms with Crippen molar-refractivity contribution >= 4 is 48.7 Å². The summed E-state index contributed by atoms with van der Waals surface area (Å²) in [6.45, 7) is 0. The summed E-state index contributed by atoms with van der Waals surface area (Å²) in [6, 6.07) is 42.4. The lowest BCUT2D eigenvalue weighted by Gasteiger charge is -2.49. The number of benzene rings is 7. The molecule has 3 heterocycles. The monoisotopic (exact) mass is 641 g/mol. The molecule has 0 N–H and O–H groups in total. The second-order valence-electron chi connectivity index (χ2n) is 12.1. The largest absolute Gasteiger partial charge is 0.310 e. The molecule has 0 atom stereocenters. The van der Waals surface area contributed by atoms with Gasteiger partial charge in [0.2, 0.25) is 9.84 Å². The van der Waals surface area contributed by atoms with Gasteiger partial charge >= 0.3 is 0 Å². The van der Waals surface area contributed by atoms with Gasteiger partial charge in [-0.1, -0.05) is 115 Å². The van der Waals surface area contributed by atoms with Crippen molar-refractivity contribution in [1.82, 2.24) is 4.57 Å². The summed E-state index contributed by atoms with van der Waals surface area (Å²) in [6.07, 6.45) is 0. The first kappa shape index (κ1) is 22.6. The van der Waals surface area contributed by atoms with Gasteiger partial charge in [-0.15, -0.1) is 0 Å². The van der Waals surface area contributed by atoms with Crippen LogP contribution in [0.5, 0.6) is 0 Å². The van der Waals surface area contributed by atoms with Crippen molar-refractivity contribution in [1.29, 1.82) is 0 Å². The fourth-order valence-corrected chi connectivity index (χ4v) is 10.1. The normalized spacial score (nSPS) is 16.6. The Kier molecular flexibility index (Phi) is 4.61. The van der Waals surface area contributed by atoms with Gasteiger partial charge < -0.3 is 9.47 Å². The summed E-state index contributed by atoms with van der Waals surface area (Å²) in [7, 11) is -4.20. The summed E-state index contributed by atoms with van der Waals surface area (Å²) >= 11 is 0. The van der Waals surface area contributed by atoms with E-state index in [9.17, 15) is 0 Å². The van der Waals surface area contributed by atoms with Crippen molar-refractivity contribution in [3.05, 3.63) is 192 Å². The van der Waals surface area contributed by atoms with Crippen LogP contribution >= 0.6 is 0 Å². The number of fused-ring (bicyclic) bond motifs is 12. The van der Waals surface area contributed by atoms with Crippen molar-refractivity contribution in [2.75, 3.05) is 4.90 Å². The summed E-state index contributed by atoms with van der Waals surface area (Å²) < 4.78 is 75.3. The highest BCUT2D eigenvalue weighted by Gasteiger charge is 2.54. The minimum Gasteiger partial charge on any atom is -0.310 e. The van der Waals surface area contributed by atoms with Crippen molar-refractivity contribution in [2.45, 2.75) is 15.2 Å². The third kappa shape index (κ3) is 3.36. The van der Waals surface area contributed by atoms with E-state index in [1.54, 1.807) is 28.8 Å². The molecule has 5 heteroatoms. The average molecular weight is 642 g/mol. The minimum atomic E-state index is -4.20. The molecule has 8 aromatic rings. The molecule has 228 valence electrons. The molecule has 2 aliphatic heterocycles. The molecule has 1 aromatic heterocycles. The molecule has 0 fully saturated rings. The Balaban J connectivity index is 1.42. The number of nitrogens with zero attached hydrogens (tertiary/aromatic N) is 2. The van der Waals surface area contributed by atoms with Crippen LogP contribution in [0.15, 0.2) is 180 Å². The number of hydrogen-bond acceptors (Lipinski definition) is 3. The lowest BCUT2D eigenvalue weighted by Crippen LogP contribution is -2.42. The smallest absolute Gasteiger partial charge is 0.207 e. The van der Waals surface area contributed by atoms with Crippen molar-refractivity contribution < 1.29 is 15.3 Å². The Hall–Kier alpha value is -5.91. The molecule has 0 radical (unpaired) electrons. The van der Waals surface area contributed by atoms with Crippen LogP contribution < -0.4 is 4.90 Å². The second-order valence-corrected chi connectivity index (χ2v) is 14.0. The van der Waals surface area contributed by atoms with E-state index in [1.807, 2.05) is 78.9 Å². The zero-order valence-corrected chi connectivity index (χ0v) is 26.2. The van der Waals surface area contributed by atoms with E-state index in [2.05, 4.69) is 41.3 Å². The Morgan fingerprint density at radius 3 is 1.85 bits per heavy atom. The highest BCUT2D eigenvalue weighted by molar-refractivity contribution is 7.92. The standard InChI is InChI=1S/C43H28N2O2S/c46-48(47)40-26-14-10-22-34(40)43(32-20-8-12-24-37(32)45(30-17-5-2-6-18-30)38-25-13-9-21-33(38)43)35-27-28-39-41(42(35)48)31-19-7-11-23-36(31)44(39)29-15-3-1-4-16-29/h1-28H/i1D,3D,4D,15D,16D. The molecular formula is C43H28N2O2S. The van der Waals surface area contributed by atoms with E-state index in [0.717, 1.165) is 28.2 Å². The first-order valence-electron chi connectivity index (χ1n) is 18.2. The van der Waals surface area contributed by atoms with Crippen LogP contribution in [0.25, 0.3) is 27.5 Å². The van der Waals surface area contributed by atoms with Gasteiger partial charge in [0.15, 0.2) is 0 Å². The van der Waals surface area contributed by atoms with Crippen LogP contribution in [0.1, 0.15) is 29.1 Å². The Morgan fingerprint density at radius 1 is 0.521 bits per heavy atom. The van der Waals surface area contributed by atoms with Crippen LogP contribution in [0.2, 0.25) is 0 Å². The zero-order chi connectivity index (χ0) is 36.4. The first-order valence-corrected chi connectivity index (χ1v) is 17.2. The maximum atomic E-state index is 15.3. The maximum absolute atomic E-state index is 15.3. The molecule has 0 saturated carbocycles. The number of anilines is 3. The molecule has 0 aliphatic carbocycles. The van der Waals surface area contributed by atoms with Gasteiger partial charge in [-0.3, -0.25) is 0 Å². The fourth-order valence-electron chi connectivity index (χ4n) is 8.15. The molecular weight excluding hydrogens is 609 g/mol. The first-order chi connectivity index (χ1) is 25.7. The summed E-state index contributed by atoms with van der Waals surface area (Å²) in [5.41, 5.74) is 5.69. The molecule has 0 saturated heterocycles. The maximum Gasteiger partial charge on any atom is 0.207 e. The molecule has 0 unspecified atom stereocenters. The molecule has 7 aromatic carbocycles. The van der Waals surface area contributed by atoms with Crippen LogP contribution in [0.3, 0.4) is 0 Å². The predicted octanol–water partition coefficient (Wildman–Crippen LogP) is 10.1. The predicted molar refractivity (Wildman–Crippen MR) is 193 cm³/mol. The lowest BCUT2D eigenvalue weighted by atomic mass is 9.62. The molecule has 1 spiro atoms. The zero-order valence-electron chi connectivity index (χ0n) is 30.4. The van der Waals surface area contributed by atoms with Crippen LogP contribution in [0, 0.1) is 0 Å². The van der Waals surface area contributed by atoms with Gasteiger partial charge in [0.25, 0.3) is 0 Å². The number of aromatic nitrogens is 1. The topological polar surface area (TPSA) is 42.3 Å². The minimum absolute atomic E-state index is 0.0441. The van der Waals surface area contributed by atoms with Gasteiger partial charge in [0.1, 0.15) is 0 Å². The van der Waals surface area contributed by atoms with Gasteiger partial charge in [-0.25, -0.2) is 8.42 Å². The molecule has 10 rings (SSSR count). The van der Waals surface area contributed by atoms with Crippen molar-refractivity contribution in [3.63, 3.8) is 0 Å². The summed E-state index contributed by atoms with van der Waals surface area (Å²) in [5, 5.41) is 1.02. The number of para-hydroxylation sites is 5. The number of sulfone groups is 1. The molecule has 4 nitrogen and oxygen atoms in total. The molecule has 0 bridgehead atoms. The Morgan fingerprint density at radius 2 is 1.12 bits per heavy atom. The van der Waals surface area contributed by atoms with E-state index in [1.165, 1.54) is 0 Å². The van der Waals surface area contributed by atoms with Crippen molar-refractivity contribution in [3.8, 4) is 5.69 Å². The van der Waals surface area contributed by atoms with Crippen LogP contribution in [-0.2, 0) is 15.3 Å². The highest BCUT2D eigenvalue weighted by Crippen LogP contribution is 2.62. The SMILES string of the molecule is [2H]c1c([2H])c([2H])c(-n2c3ccccc3c3c4c(ccc32)C2(c3ccccc3N(c3ccccc3)c3ccccc32)c2ccccc2S4(=O)=O)c([2H])c1[2H]. The quantitative estimate of drug-likeness (QED) is 0.189. The van der Waals surface area contributed by atoms with Crippen molar-refractivity contribution in [2.24, 2.45) is 0 Å². The van der Waals surface area contributed by atoms with Crippen LogP contribution in [-0.4, -0.2) is 13.0 Å². The Bertz CT molecular complexity index is 2920. The third-order valence-electron chi connectivity index (χ3n) is 9.87. The van der Waals surface area contributed by atoms with Gasteiger partial charge in [-0.2, -0.15) is 0 Å². The number of hydrogen-bond donors (Lipinski definition) is 0. The van der Waals surface area contributed by atoms with E-state index in [-0.39, 0.29) is 27.6 Å². The van der Waals surface area contributed by atoms with E-state index >= 15 is 8.42 Å². The van der Waals surface area contributed by atoms with Gasteiger partial charge in [-0.05, 0) is 76.8 Å². The second kappa shape index (κ2) is 9.80. The fraction of sp³-hybridized carbons (Fsp3) is 0.0233. The average Bonchev–Trinajstić information content (AvgIpc) is 3.52. The number of rotatable bonds is 2. The van der Waals surface area contributed by atoms with Crippen LogP contribution in [0.4, 0.5) is 17.1 Å². The molecule has 0 amide bonds. The van der Waals surface area contributed by atoms with Gasteiger partial charge in [0.05, 0.1) is 44.5 Å². The van der Waals surface area contributed by atoms with E-state index < -0.39 is 33.4 Å². The summed E-state index contributed by atoms with van der Waals surface area (Å²) in [5.74, 6) is 0. The van der Waals surface area contributed by atoms with Gasteiger partial charge in [0, 0.05) is 22.1 Å².